The van der Waals surface area contributed by atoms with Crippen LogP contribution in [0.4, 0.5) is 0 Å². The molecule has 1 aromatic rings. The van der Waals surface area contributed by atoms with Gasteiger partial charge in [-0.2, -0.15) is 0 Å². The van der Waals surface area contributed by atoms with Crippen molar-refractivity contribution in [2.75, 3.05) is 13.7 Å². The Balaban J connectivity index is 2.08. The first-order valence-electron chi connectivity index (χ1n) is 9.22. The fourth-order valence-electron chi connectivity index (χ4n) is 2.71. The van der Waals surface area contributed by atoms with Crippen LogP contribution in [0.5, 0.6) is 0 Å². The second kappa shape index (κ2) is 11.5. The predicted molar refractivity (Wildman–Crippen MR) is 103 cm³/mol. The molecule has 2 rings (SSSR count). The van der Waals surface area contributed by atoms with Gasteiger partial charge in [0, 0.05) is 38.2 Å². The van der Waals surface area contributed by atoms with Gasteiger partial charge in [0.1, 0.15) is 6.10 Å². The minimum atomic E-state index is -0.0804. The summed E-state index contributed by atoms with van der Waals surface area (Å²) in [5.74, 6) is 13.0. The predicted octanol–water partition coefficient (Wildman–Crippen LogP) is 5.20. The van der Waals surface area contributed by atoms with Crippen LogP contribution in [0, 0.1) is 23.7 Å². The fraction of sp³-hybridized carbons (Fsp3) is 0.478. The lowest BCUT2D eigenvalue weighted by atomic mass is 9.99. The lowest BCUT2D eigenvalue weighted by Gasteiger charge is -2.10. The molecule has 0 aromatic heterocycles. The molecule has 0 aliphatic carbocycles. The van der Waals surface area contributed by atoms with Crippen LogP contribution in [0.25, 0.3) is 0 Å². The van der Waals surface area contributed by atoms with Crippen molar-refractivity contribution in [1.82, 2.24) is 0 Å². The highest BCUT2D eigenvalue weighted by Crippen LogP contribution is 2.35. The Morgan fingerprint density at radius 3 is 2.88 bits per heavy atom. The molecule has 2 nitrogen and oxygen atoms in total. The maximum absolute atomic E-state index is 6.00. The van der Waals surface area contributed by atoms with Crippen molar-refractivity contribution in [2.45, 2.75) is 58.2 Å². The van der Waals surface area contributed by atoms with Gasteiger partial charge >= 0.3 is 0 Å². The zero-order valence-electron chi connectivity index (χ0n) is 15.4. The van der Waals surface area contributed by atoms with Crippen molar-refractivity contribution in [3.8, 4) is 23.7 Å². The van der Waals surface area contributed by atoms with Gasteiger partial charge in [-0.25, -0.2) is 0 Å². The maximum atomic E-state index is 6.00. The molecule has 0 saturated heterocycles. The minimum Gasteiger partial charge on any atom is -0.385 e. The zero-order valence-corrected chi connectivity index (χ0v) is 15.4. The van der Waals surface area contributed by atoms with Gasteiger partial charge < -0.3 is 9.47 Å². The van der Waals surface area contributed by atoms with Gasteiger partial charge in [-0.1, -0.05) is 61.3 Å². The average molecular weight is 336 g/mol. The number of rotatable bonds is 7. The molecule has 0 bridgehead atoms. The topological polar surface area (TPSA) is 18.5 Å². The number of methoxy groups -OCH3 is 1. The van der Waals surface area contributed by atoms with Crippen LogP contribution in [0.2, 0.25) is 0 Å². The van der Waals surface area contributed by atoms with Gasteiger partial charge in [-0.05, 0) is 30.4 Å². The Kier molecular flexibility index (Phi) is 8.92. The Hall–Kier alpha value is -2.00. The van der Waals surface area contributed by atoms with E-state index in [1.807, 2.05) is 6.08 Å². The van der Waals surface area contributed by atoms with Crippen molar-refractivity contribution in [2.24, 2.45) is 0 Å². The number of benzene rings is 1. The van der Waals surface area contributed by atoms with Crippen LogP contribution >= 0.6 is 0 Å². The molecule has 1 heterocycles. The van der Waals surface area contributed by atoms with E-state index in [1.165, 1.54) is 17.5 Å². The van der Waals surface area contributed by atoms with E-state index in [-0.39, 0.29) is 6.10 Å². The van der Waals surface area contributed by atoms with E-state index < -0.39 is 0 Å². The van der Waals surface area contributed by atoms with E-state index in [1.54, 1.807) is 7.11 Å². The third-order valence-electron chi connectivity index (χ3n) is 4.14. The summed E-state index contributed by atoms with van der Waals surface area (Å²) < 4.78 is 11.1. The summed E-state index contributed by atoms with van der Waals surface area (Å²) >= 11 is 0. The fourth-order valence-corrected chi connectivity index (χ4v) is 2.71. The molecule has 0 saturated carbocycles. The number of allylic oxidation sites excluding steroid dienone is 1. The number of hydrogen-bond donors (Lipinski definition) is 0. The van der Waals surface area contributed by atoms with E-state index in [0.29, 0.717) is 6.61 Å². The molecular formula is C23H28O2. The quantitative estimate of drug-likeness (QED) is 0.503. The van der Waals surface area contributed by atoms with Crippen LogP contribution in [0.15, 0.2) is 35.9 Å². The highest BCUT2D eigenvalue weighted by atomic mass is 16.5. The largest absolute Gasteiger partial charge is 0.385 e. The third-order valence-corrected chi connectivity index (χ3v) is 4.14. The number of hydrogen-bond acceptors (Lipinski definition) is 2. The molecule has 0 fully saturated rings. The van der Waals surface area contributed by atoms with E-state index in [9.17, 15) is 0 Å². The van der Waals surface area contributed by atoms with E-state index in [4.69, 9.17) is 9.47 Å². The molecule has 0 radical (unpaired) electrons. The van der Waals surface area contributed by atoms with E-state index in [2.05, 4.69) is 54.9 Å². The molecule has 1 atom stereocenters. The minimum absolute atomic E-state index is 0.0804. The third kappa shape index (κ3) is 6.43. The van der Waals surface area contributed by atoms with Crippen molar-refractivity contribution in [3.05, 3.63) is 47.0 Å². The molecule has 132 valence electrons. The molecule has 2 heteroatoms. The number of ether oxygens (including phenoxy) is 2. The van der Waals surface area contributed by atoms with Gasteiger partial charge in [0.05, 0.1) is 6.61 Å². The van der Waals surface area contributed by atoms with Gasteiger partial charge in [0.2, 0.25) is 0 Å². The Morgan fingerprint density at radius 1 is 1.20 bits per heavy atom. The van der Waals surface area contributed by atoms with Crippen molar-refractivity contribution >= 4 is 0 Å². The molecule has 1 aliphatic rings. The molecule has 1 aliphatic heterocycles. The molecule has 0 spiro atoms. The maximum Gasteiger partial charge on any atom is 0.117 e. The van der Waals surface area contributed by atoms with Crippen molar-refractivity contribution in [3.63, 3.8) is 0 Å². The van der Waals surface area contributed by atoms with Crippen LogP contribution in [-0.4, -0.2) is 13.7 Å². The summed E-state index contributed by atoms with van der Waals surface area (Å²) in [4.78, 5) is 0. The molecule has 0 N–H and O–H groups in total. The number of fused-ring (bicyclic) bond motifs is 1. The van der Waals surface area contributed by atoms with Crippen LogP contribution in [0.1, 0.15) is 62.7 Å². The smallest absolute Gasteiger partial charge is 0.117 e. The highest BCUT2D eigenvalue weighted by molar-refractivity contribution is 5.46. The summed E-state index contributed by atoms with van der Waals surface area (Å²) in [5.41, 5.74) is 3.44. The summed E-state index contributed by atoms with van der Waals surface area (Å²) in [6.07, 6.45) is 8.09. The van der Waals surface area contributed by atoms with Crippen molar-refractivity contribution in [1.29, 1.82) is 0 Å². The molecule has 1 unspecified atom stereocenters. The second-order valence-corrected chi connectivity index (χ2v) is 6.17. The second-order valence-electron chi connectivity index (χ2n) is 6.17. The first-order valence-corrected chi connectivity index (χ1v) is 9.22. The lowest BCUT2D eigenvalue weighted by Crippen LogP contribution is -1.99. The van der Waals surface area contributed by atoms with E-state index >= 15 is 0 Å². The Labute approximate surface area is 152 Å². The summed E-state index contributed by atoms with van der Waals surface area (Å²) in [6, 6.07) is 8.37. The summed E-state index contributed by atoms with van der Waals surface area (Å²) in [7, 11) is 1.73. The lowest BCUT2D eigenvalue weighted by molar-refractivity contribution is 0.0942. The molecule has 0 amide bonds. The Bertz CT molecular complexity index is 679. The average Bonchev–Trinajstić information content (AvgIpc) is 3.06. The van der Waals surface area contributed by atoms with Gasteiger partial charge in [-0.15, -0.1) is 0 Å². The summed E-state index contributed by atoms with van der Waals surface area (Å²) in [5, 5.41) is 0. The molecule has 25 heavy (non-hydrogen) atoms. The van der Waals surface area contributed by atoms with Crippen LogP contribution in [-0.2, 0) is 16.1 Å². The van der Waals surface area contributed by atoms with Crippen LogP contribution < -0.4 is 0 Å². The first kappa shape index (κ1) is 19.3. The molecular weight excluding hydrogens is 308 g/mol. The normalized spacial score (nSPS) is 15.8. The Morgan fingerprint density at radius 2 is 2.04 bits per heavy atom. The zero-order chi connectivity index (χ0) is 17.7. The monoisotopic (exact) mass is 336 g/mol. The van der Waals surface area contributed by atoms with Gasteiger partial charge in [-0.3, -0.25) is 0 Å². The molecule has 1 aromatic carbocycles. The summed E-state index contributed by atoms with van der Waals surface area (Å²) in [6.45, 7) is 3.63. The number of unbranched alkanes of at least 4 members (excludes halogenated alkanes) is 4. The van der Waals surface area contributed by atoms with E-state index in [0.717, 1.165) is 44.3 Å². The standard InChI is InChI=1S/C23H28O2/c1-3-4-5-6-9-14-20(15-10-7-8-13-18-24-2)23-22-17-12-11-16-21(22)19-25-23/h11-12,14,16-17,23H,3-5,7-8,13,18-19H2,1-2H3/b20-14+. The first-order chi connectivity index (χ1) is 12.4. The highest BCUT2D eigenvalue weighted by Gasteiger charge is 2.25. The van der Waals surface area contributed by atoms with Crippen LogP contribution in [0.3, 0.4) is 0 Å². The van der Waals surface area contributed by atoms with Gasteiger partial charge in [0.25, 0.3) is 0 Å². The van der Waals surface area contributed by atoms with Crippen molar-refractivity contribution < 1.29 is 9.47 Å². The van der Waals surface area contributed by atoms with Gasteiger partial charge in [0.15, 0.2) is 0 Å². The SMILES string of the molecule is CCCCC#C/C=C(\C#CCCCCOC)C1OCc2ccccc21.